The Labute approximate surface area is 115 Å². The second-order valence-corrected chi connectivity index (χ2v) is 6.87. The predicted molar refractivity (Wildman–Crippen MR) is 80.4 cm³/mol. The Hall–Kier alpha value is -0.380. The van der Waals surface area contributed by atoms with E-state index in [0.717, 1.165) is 12.6 Å². The van der Waals surface area contributed by atoms with E-state index in [-0.39, 0.29) is 0 Å². The Morgan fingerprint density at radius 1 is 1.44 bits per heavy atom. The Bertz CT molecular complexity index is 367. The molecule has 2 rings (SSSR count). The molecule has 3 heteroatoms. The number of thiophene rings is 1. The van der Waals surface area contributed by atoms with Crippen LogP contribution in [0.2, 0.25) is 0 Å². The second-order valence-electron chi connectivity index (χ2n) is 5.41. The van der Waals surface area contributed by atoms with E-state index in [4.69, 9.17) is 0 Å². The molecule has 1 aliphatic rings. The van der Waals surface area contributed by atoms with Gasteiger partial charge >= 0.3 is 0 Å². The van der Waals surface area contributed by atoms with Crippen LogP contribution in [0.1, 0.15) is 41.5 Å². The van der Waals surface area contributed by atoms with Crippen molar-refractivity contribution in [2.24, 2.45) is 0 Å². The number of piperidine rings is 1. The summed E-state index contributed by atoms with van der Waals surface area (Å²) in [6.07, 6.45) is 3.93. The molecule has 18 heavy (non-hydrogen) atoms. The first-order valence-corrected chi connectivity index (χ1v) is 8.03. The number of hydrogen-bond donors (Lipinski definition) is 1. The second kappa shape index (κ2) is 6.69. The highest BCUT2D eigenvalue weighted by atomic mass is 32.1. The largest absolute Gasteiger partial charge is 0.315 e. The monoisotopic (exact) mass is 266 g/mol. The minimum absolute atomic E-state index is 0.735. The van der Waals surface area contributed by atoms with Crippen molar-refractivity contribution < 1.29 is 0 Å². The molecule has 1 atom stereocenters. The van der Waals surface area contributed by atoms with Gasteiger partial charge < -0.3 is 5.32 Å². The lowest BCUT2D eigenvalue weighted by Gasteiger charge is -2.34. The molecular formula is C15H26N2S. The normalized spacial score (nSPS) is 20.6. The molecule has 0 spiro atoms. The Morgan fingerprint density at radius 2 is 2.28 bits per heavy atom. The first kappa shape index (κ1) is 14.0. The summed E-state index contributed by atoms with van der Waals surface area (Å²) < 4.78 is 0. The highest BCUT2D eigenvalue weighted by Gasteiger charge is 2.21. The zero-order valence-electron chi connectivity index (χ0n) is 12.0. The van der Waals surface area contributed by atoms with Crippen LogP contribution < -0.4 is 5.32 Å². The van der Waals surface area contributed by atoms with E-state index in [1.807, 2.05) is 11.3 Å². The van der Waals surface area contributed by atoms with Gasteiger partial charge in [0.05, 0.1) is 0 Å². The summed E-state index contributed by atoms with van der Waals surface area (Å²) >= 11 is 1.93. The molecule has 1 unspecified atom stereocenters. The number of hydrogen-bond acceptors (Lipinski definition) is 3. The molecule has 1 saturated heterocycles. The fourth-order valence-electron chi connectivity index (χ4n) is 2.88. The number of rotatable bonds is 5. The van der Waals surface area contributed by atoms with Gasteiger partial charge in [0.2, 0.25) is 0 Å². The van der Waals surface area contributed by atoms with Crippen LogP contribution in [0.4, 0.5) is 0 Å². The molecule has 0 radical (unpaired) electrons. The lowest BCUT2D eigenvalue weighted by Crippen LogP contribution is -2.45. The smallest absolute Gasteiger partial charge is 0.0248 e. The number of aryl methyl sites for hydroxylation is 2. The van der Waals surface area contributed by atoms with Crippen LogP contribution in [0.25, 0.3) is 0 Å². The minimum Gasteiger partial charge on any atom is -0.315 e. The van der Waals surface area contributed by atoms with Crippen molar-refractivity contribution in [2.45, 2.75) is 52.6 Å². The molecule has 2 nitrogen and oxygen atoms in total. The van der Waals surface area contributed by atoms with Gasteiger partial charge in [-0.2, -0.15) is 0 Å². The summed E-state index contributed by atoms with van der Waals surface area (Å²) in [5, 5.41) is 3.54. The van der Waals surface area contributed by atoms with Crippen molar-refractivity contribution in [2.75, 3.05) is 19.6 Å². The van der Waals surface area contributed by atoms with E-state index >= 15 is 0 Å². The van der Waals surface area contributed by atoms with Gasteiger partial charge in [-0.15, -0.1) is 11.3 Å². The lowest BCUT2D eigenvalue weighted by molar-refractivity contribution is 0.158. The third-order valence-corrected chi connectivity index (χ3v) is 4.82. The summed E-state index contributed by atoms with van der Waals surface area (Å²) in [5.41, 5.74) is 1.54. The van der Waals surface area contributed by atoms with Crippen molar-refractivity contribution in [3.63, 3.8) is 0 Å². The van der Waals surface area contributed by atoms with Gasteiger partial charge in [0, 0.05) is 28.9 Å². The molecule has 0 aliphatic carbocycles. The van der Waals surface area contributed by atoms with Crippen LogP contribution in [0.3, 0.4) is 0 Å². The molecule has 1 fully saturated rings. The van der Waals surface area contributed by atoms with E-state index in [1.165, 1.54) is 54.2 Å². The zero-order valence-corrected chi connectivity index (χ0v) is 12.8. The highest BCUT2D eigenvalue weighted by Crippen LogP contribution is 2.23. The third kappa shape index (κ3) is 3.56. The van der Waals surface area contributed by atoms with Gasteiger partial charge in [0.15, 0.2) is 0 Å². The van der Waals surface area contributed by atoms with Crippen LogP contribution in [0.15, 0.2) is 6.07 Å². The summed E-state index contributed by atoms with van der Waals surface area (Å²) in [5.74, 6) is 0. The first-order chi connectivity index (χ1) is 8.70. The molecule has 1 aromatic heterocycles. The van der Waals surface area contributed by atoms with Crippen LogP contribution in [0, 0.1) is 13.8 Å². The molecule has 0 aromatic carbocycles. The van der Waals surface area contributed by atoms with Gasteiger partial charge in [0.25, 0.3) is 0 Å². The van der Waals surface area contributed by atoms with Gasteiger partial charge in [-0.25, -0.2) is 0 Å². The van der Waals surface area contributed by atoms with Crippen molar-refractivity contribution >= 4 is 11.3 Å². The SMILES string of the molecule is CCCN(Cc1cc(C)sc1C)C1CCCNC1. The first-order valence-electron chi connectivity index (χ1n) is 7.21. The number of nitrogens with zero attached hydrogens (tertiary/aromatic N) is 1. The zero-order chi connectivity index (χ0) is 13.0. The van der Waals surface area contributed by atoms with Crippen LogP contribution >= 0.6 is 11.3 Å². The molecule has 0 bridgehead atoms. The summed E-state index contributed by atoms with van der Waals surface area (Å²) in [4.78, 5) is 5.62. The van der Waals surface area contributed by atoms with E-state index in [0.29, 0.717) is 0 Å². The summed E-state index contributed by atoms with van der Waals surface area (Å²) in [7, 11) is 0. The molecule has 0 saturated carbocycles. The molecule has 102 valence electrons. The molecule has 1 aliphatic heterocycles. The summed E-state index contributed by atoms with van der Waals surface area (Å²) in [6.45, 7) is 11.5. The Morgan fingerprint density at radius 3 is 2.83 bits per heavy atom. The van der Waals surface area contributed by atoms with Gasteiger partial charge in [-0.1, -0.05) is 6.92 Å². The van der Waals surface area contributed by atoms with Gasteiger partial charge in [-0.3, -0.25) is 4.90 Å². The Kier molecular flexibility index (Phi) is 5.22. The summed E-state index contributed by atoms with van der Waals surface area (Å²) in [6, 6.07) is 3.11. The maximum Gasteiger partial charge on any atom is 0.0248 e. The Balaban J connectivity index is 2.02. The third-order valence-electron chi connectivity index (χ3n) is 3.82. The van der Waals surface area contributed by atoms with Gasteiger partial charge in [-0.05, 0) is 57.8 Å². The predicted octanol–water partition coefficient (Wildman–Crippen LogP) is 3.33. The molecular weight excluding hydrogens is 240 g/mol. The van der Waals surface area contributed by atoms with Crippen LogP contribution in [-0.4, -0.2) is 30.6 Å². The fraction of sp³-hybridized carbons (Fsp3) is 0.733. The number of nitrogens with one attached hydrogen (secondary N) is 1. The van der Waals surface area contributed by atoms with Crippen LogP contribution in [0.5, 0.6) is 0 Å². The maximum atomic E-state index is 3.54. The molecule has 0 amide bonds. The van der Waals surface area contributed by atoms with Crippen LogP contribution in [-0.2, 0) is 6.54 Å². The fourth-order valence-corrected chi connectivity index (χ4v) is 3.82. The topological polar surface area (TPSA) is 15.3 Å². The van der Waals surface area contributed by atoms with Crippen molar-refractivity contribution in [1.82, 2.24) is 10.2 Å². The highest BCUT2D eigenvalue weighted by molar-refractivity contribution is 7.12. The quantitative estimate of drug-likeness (QED) is 0.879. The van der Waals surface area contributed by atoms with E-state index < -0.39 is 0 Å². The minimum atomic E-state index is 0.735. The molecule has 1 aromatic rings. The average Bonchev–Trinajstić information content (AvgIpc) is 2.68. The van der Waals surface area contributed by atoms with E-state index in [9.17, 15) is 0 Å². The lowest BCUT2D eigenvalue weighted by atomic mass is 10.0. The van der Waals surface area contributed by atoms with Crippen molar-refractivity contribution in [3.05, 3.63) is 21.4 Å². The maximum absolute atomic E-state index is 3.54. The van der Waals surface area contributed by atoms with E-state index in [1.54, 1.807) is 0 Å². The molecule has 1 N–H and O–H groups in total. The standard InChI is InChI=1S/C15H26N2S/c1-4-8-17(15-6-5-7-16-10-15)11-14-9-12(2)18-13(14)3/h9,15-16H,4-8,10-11H2,1-3H3. The van der Waals surface area contributed by atoms with E-state index in [2.05, 4.69) is 37.1 Å². The van der Waals surface area contributed by atoms with Gasteiger partial charge in [0.1, 0.15) is 0 Å². The molecule has 2 heterocycles. The average molecular weight is 266 g/mol. The van der Waals surface area contributed by atoms with Crippen molar-refractivity contribution in [1.29, 1.82) is 0 Å². The van der Waals surface area contributed by atoms with Crippen molar-refractivity contribution in [3.8, 4) is 0 Å².